The quantitative estimate of drug-likeness (QED) is 0.892. The van der Waals surface area contributed by atoms with Gasteiger partial charge < -0.3 is 9.84 Å². The number of hydrogen-bond acceptors (Lipinski definition) is 2. The van der Waals surface area contributed by atoms with Crippen LogP contribution in [0.25, 0.3) is 0 Å². The predicted octanol–water partition coefficient (Wildman–Crippen LogP) is 3.77. The highest BCUT2D eigenvalue weighted by Crippen LogP contribution is 2.32. The number of halogens is 3. The number of carbonyl (C=O) groups is 1. The highest BCUT2D eigenvalue weighted by molar-refractivity contribution is 6.32. The second-order valence-electron chi connectivity index (χ2n) is 4.13. The van der Waals surface area contributed by atoms with Crippen LogP contribution in [0.1, 0.15) is 25.3 Å². The second-order valence-corrected chi connectivity index (χ2v) is 4.54. The zero-order valence-corrected chi connectivity index (χ0v) is 10.6. The lowest BCUT2D eigenvalue weighted by Gasteiger charge is -2.17. The Bertz CT molecular complexity index is 435. The van der Waals surface area contributed by atoms with E-state index < -0.39 is 18.5 Å². The van der Waals surface area contributed by atoms with Crippen LogP contribution < -0.4 is 4.74 Å². The molecule has 0 saturated heterocycles. The van der Waals surface area contributed by atoms with Crippen molar-refractivity contribution in [2.45, 2.75) is 26.4 Å². The molecule has 0 bridgehead atoms. The fraction of sp³-hybridized carbons (Fsp3) is 0.417. The molecule has 0 aliphatic carbocycles. The van der Waals surface area contributed by atoms with Gasteiger partial charge in [-0.2, -0.15) is 8.78 Å². The molecule has 0 heterocycles. The van der Waals surface area contributed by atoms with Gasteiger partial charge in [0, 0.05) is 0 Å². The van der Waals surface area contributed by atoms with E-state index in [-0.39, 0.29) is 16.7 Å². The molecule has 0 saturated carbocycles. The number of ether oxygens (including phenoxy) is 1. The van der Waals surface area contributed by atoms with Gasteiger partial charge in [-0.3, -0.25) is 4.79 Å². The minimum atomic E-state index is -2.96. The number of rotatable bonds is 5. The van der Waals surface area contributed by atoms with Crippen LogP contribution in [-0.2, 0) is 4.79 Å². The molecule has 1 N–H and O–H groups in total. The van der Waals surface area contributed by atoms with E-state index in [2.05, 4.69) is 4.74 Å². The number of carboxylic acid groups (broad SMARTS) is 1. The van der Waals surface area contributed by atoms with Crippen LogP contribution in [-0.4, -0.2) is 17.7 Å². The molecule has 1 unspecified atom stereocenters. The summed E-state index contributed by atoms with van der Waals surface area (Å²) in [5.74, 6) is -2.02. The van der Waals surface area contributed by atoms with E-state index in [9.17, 15) is 13.6 Å². The first kappa shape index (κ1) is 14.7. The minimum Gasteiger partial charge on any atom is -0.481 e. The van der Waals surface area contributed by atoms with Gasteiger partial charge >= 0.3 is 12.6 Å². The molecule has 0 spiro atoms. The third-order valence-corrected chi connectivity index (χ3v) is 2.76. The molecule has 0 radical (unpaired) electrons. The molecule has 18 heavy (non-hydrogen) atoms. The molecule has 3 nitrogen and oxygen atoms in total. The summed E-state index contributed by atoms with van der Waals surface area (Å²) in [4.78, 5) is 11.1. The summed E-state index contributed by atoms with van der Waals surface area (Å²) in [7, 11) is 0. The fourth-order valence-electron chi connectivity index (χ4n) is 1.71. The first-order valence-electron chi connectivity index (χ1n) is 5.30. The zero-order chi connectivity index (χ0) is 13.9. The van der Waals surface area contributed by atoms with Crippen molar-refractivity contribution in [3.8, 4) is 5.75 Å². The molecular formula is C12H13ClF2O3. The maximum atomic E-state index is 12.0. The topological polar surface area (TPSA) is 46.5 Å². The van der Waals surface area contributed by atoms with Gasteiger partial charge in [0.2, 0.25) is 0 Å². The zero-order valence-electron chi connectivity index (χ0n) is 9.86. The van der Waals surface area contributed by atoms with Gasteiger partial charge in [-0.15, -0.1) is 0 Å². The lowest BCUT2D eigenvalue weighted by Crippen LogP contribution is -2.17. The highest BCUT2D eigenvalue weighted by Gasteiger charge is 2.24. The predicted molar refractivity (Wildman–Crippen MR) is 63.3 cm³/mol. The first-order valence-corrected chi connectivity index (χ1v) is 5.67. The van der Waals surface area contributed by atoms with Crippen LogP contribution in [0, 0.1) is 5.92 Å². The number of hydrogen-bond donors (Lipinski definition) is 1. The number of aliphatic carboxylic acids is 1. The average Bonchev–Trinajstić information content (AvgIpc) is 2.20. The smallest absolute Gasteiger partial charge is 0.387 e. The summed E-state index contributed by atoms with van der Waals surface area (Å²) in [6.07, 6.45) is 0. The number of alkyl halides is 2. The maximum absolute atomic E-state index is 12.0. The average molecular weight is 279 g/mol. The van der Waals surface area contributed by atoms with Gasteiger partial charge in [-0.05, 0) is 23.6 Å². The molecule has 0 aliphatic heterocycles. The Morgan fingerprint density at radius 2 is 2.00 bits per heavy atom. The van der Waals surface area contributed by atoms with Crippen LogP contribution in [0.2, 0.25) is 5.02 Å². The molecule has 0 amide bonds. The van der Waals surface area contributed by atoms with Gasteiger partial charge in [0.15, 0.2) is 0 Å². The summed E-state index contributed by atoms with van der Waals surface area (Å²) in [6, 6.07) is 4.03. The second kappa shape index (κ2) is 6.00. The Kier molecular flexibility index (Phi) is 4.90. The van der Waals surface area contributed by atoms with Crippen molar-refractivity contribution in [3.05, 3.63) is 28.8 Å². The Hall–Kier alpha value is -1.36. The van der Waals surface area contributed by atoms with Gasteiger partial charge in [-0.1, -0.05) is 31.5 Å². The van der Waals surface area contributed by atoms with Crippen LogP contribution in [0.5, 0.6) is 5.75 Å². The van der Waals surface area contributed by atoms with Crippen LogP contribution in [0.4, 0.5) is 8.78 Å². The minimum absolute atomic E-state index is 0.0281. The summed E-state index contributed by atoms with van der Waals surface area (Å²) >= 11 is 5.78. The van der Waals surface area contributed by atoms with Crippen molar-refractivity contribution >= 4 is 17.6 Å². The van der Waals surface area contributed by atoms with E-state index in [1.165, 1.54) is 18.2 Å². The van der Waals surface area contributed by atoms with Gasteiger partial charge in [0.25, 0.3) is 0 Å². The van der Waals surface area contributed by atoms with Crippen molar-refractivity contribution in [2.24, 2.45) is 5.92 Å². The lowest BCUT2D eigenvalue weighted by molar-refractivity contribution is -0.139. The van der Waals surface area contributed by atoms with Crippen molar-refractivity contribution in [3.63, 3.8) is 0 Å². The van der Waals surface area contributed by atoms with Gasteiger partial charge in [-0.25, -0.2) is 0 Å². The standard InChI is InChI=1S/C12H13ClF2O3/c1-6(2)10(11(16)17)7-3-4-9(8(13)5-7)18-12(14)15/h3-6,10,12H,1-2H3,(H,16,17). The third kappa shape index (κ3) is 3.57. The summed E-state index contributed by atoms with van der Waals surface area (Å²) in [5, 5.41) is 9.08. The van der Waals surface area contributed by atoms with E-state index in [0.717, 1.165) is 0 Å². The van der Waals surface area contributed by atoms with E-state index in [1.54, 1.807) is 13.8 Å². The van der Waals surface area contributed by atoms with E-state index in [1.807, 2.05) is 0 Å². The summed E-state index contributed by atoms with van der Waals surface area (Å²) < 4.78 is 28.3. The molecule has 6 heteroatoms. The monoisotopic (exact) mass is 278 g/mol. The lowest BCUT2D eigenvalue weighted by atomic mass is 9.88. The van der Waals surface area contributed by atoms with Crippen molar-refractivity contribution in [2.75, 3.05) is 0 Å². The molecule has 1 atom stereocenters. The Labute approximate surface area is 108 Å². The Morgan fingerprint density at radius 1 is 1.39 bits per heavy atom. The van der Waals surface area contributed by atoms with E-state index >= 15 is 0 Å². The molecule has 100 valence electrons. The van der Waals surface area contributed by atoms with Gasteiger partial charge in [0.1, 0.15) is 5.75 Å². The SMILES string of the molecule is CC(C)C(C(=O)O)c1ccc(OC(F)F)c(Cl)c1. The van der Waals surface area contributed by atoms with Crippen LogP contribution in [0.3, 0.4) is 0 Å². The van der Waals surface area contributed by atoms with Crippen molar-refractivity contribution in [1.82, 2.24) is 0 Å². The maximum Gasteiger partial charge on any atom is 0.387 e. The molecule has 1 aromatic rings. The molecule has 1 rings (SSSR count). The molecule has 1 aromatic carbocycles. The summed E-state index contributed by atoms with van der Waals surface area (Å²) in [5.41, 5.74) is 0.462. The first-order chi connectivity index (χ1) is 8.32. The number of benzene rings is 1. The van der Waals surface area contributed by atoms with E-state index in [4.69, 9.17) is 16.7 Å². The molecule has 0 aromatic heterocycles. The van der Waals surface area contributed by atoms with Crippen LogP contribution in [0.15, 0.2) is 18.2 Å². The van der Waals surface area contributed by atoms with E-state index in [0.29, 0.717) is 5.56 Å². The van der Waals surface area contributed by atoms with Crippen molar-refractivity contribution < 1.29 is 23.4 Å². The highest BCUT2D eigenvalue weighted by atomic mass is 35.5. The largest absolute Gasteiger partial charge is 0.481 e. The third-order valence-electron chi connectivity index (χ3n) is 2.46. The number of carboxylic acids is 1. The van der Waals surface area contributed by atoms with Gasteiger partial charge in [0.05, 0.1) is 10.9 Å². The summed E-state index contributed by atoms with van der Waals surface area (Å²) in [6.45, 7) is 0.556. The van der Waals surface area contributed by atoms with Crippen molar-refractivity contribution in [1.29, 1.82) is 0 Å². The normalized spacial score (nSPS) is 12.8. The Morgan fingerprint density at radius 3 is 2.39 bits per heavy atom. The van der Waals surface area contributed by atoms with Crippen LogP contribution >= 0.6 is 11.6 Å². The molecule has 0 aliphatic rings. The molecule has 0 fully saturated rings. The Balaban J connectivity index is 3.05. The fourth-order valence-corrected chi connectivity index (χ4v) is 1.95. The molecular weight excluding hydrogens is 266 g/mol.